The monoisotopic (exact) mass is 330 g/mol. The average Bonchev–Trinajstić information content (AvgIpc) is 3.47. The summed E-state index contributed by atoms with van der Waals surface area (Å²) in [4.78, 5) is 9.38. The molecule has 1 heterocycles. The predicted molar refractivity (Wildman–Crippen MR) is 103 cm³/mol. The molecule has 0 saturated heterocycles. The summed E-state index contributed by atoms with van der Waals surface area (Å²) >= 11 is 0. The Morgan fingerprint density at radius 1 is 0.960 bits per heavy atom. The molecule has 1 aliphatic rings. The van der Waals surface area contributed by atoms with Gasteiger partial charge in [0, 0.05) is 23.4 Å². The maximum Gasteiger partial charge on any atom is 0.225 e. The number of rotatable bonds is 6. The second-order valence-electron chi connectivity index (χ2n) is 6.38. The zero-order chi connectivity index (χ0) is 17.1. The van der Waals surface area contributed by atoms with E-state index in [-0.39, 0.29) is 0 Å². The summed E-state index contributed by atoms with van der Waals surface area (Å²) in [7, 11) is 0. The molecule has 0 unspecified atom stereocenters. The quantitative estimate of drug-likeness (QED) is 0.666. The van der Waals surface area contributed by atoms with Crippen molar-refractivity contribution in [2.45, 2.75) is 32.2 Å². The van der Waals surface area contributed by atoms with Crippen molar-refractivity contribution in [2.24, 2.45) is 0 Å². The smallest absolute Gasteiger partial charge is 0.225 e. The molecule has 3 aromatic rings. The van der Waals surface area contributed by atoms with E-state index in [0.29, 0.717) is 12.0 Å². The molecule has 1 saturated carbocycles. The SMILES string of the molecule is CCc1ccccc1Nc1cc(-c2ccccc2)nc(NC2CC2)n1. The Labute approximate surface area is 148 Å². The number of aromatic nitrogens is 2. The van der Waals surface area contributed by atoms with E-state index in [2.05, 4.69) is 52.9 Å². The highest BCUT2D eigenvalue weighted by molar-refractivity contribution is 5.68. The third kappa shape index (κ3) is 3.79. The van der Waals surface area contributed by atoms with Gasteiger partial charge in [0.25, 0.3) is 0 Å². The molecule has 0 spiro atoms. The van der Waals surface area contributed by atoms with Crippen LogP contribution in [0.4, 0.5) is 17.5 Å². The Balaban J connectivity index is 1.70. The van der Waals surface area contributed by atoms with Crippen LogP contribution >= 0.6 is 0 Å². The van der Waals surface area contributed by atoms with Crippen LogP contribution in [0.1, 0.15) is 25.3 Å². The van der Waals surface area contributed by atoms with Crippen molar-refractivity contribution in [1.82, 2.24) is 9.97 Å². The van der Waals surface area contributed by atoms with Crippen molar-refractivity contribution in [3.05, 3.63) is 66.2 Å². The van der Waals surface area contributed by atoms with Gasteiger partial charge in [-0.1, -0.05) is 55.5 Å². The number of hydrogen-bond donors (Lipinski definition) is 2. The summed E-state index contributed by atoms with van der Waals surface area (Å²) in [6, 6.07) is 21.1. The Morgan fingerprint density at radius 3 is 2.48 bits per heavy atom. The molecule has 1 fully saturated rings. The second kappa shape index (κ2) is 6.93. The summed E-state index contributed by atoms with van der Waals surface area (Å²) < 4.78 is 0. The Morgan fingerprint density at radius 2 is 1.72 bits per heavy atom. The van der Waals surface area contributed by atoms with Gasteiger partial charge in [0.05, 0.1) is 5.69 Å². The first-order valence-corrected chi connectivity index (χ1v) is 8.88. The lowest BCUT2D eigenvalue weighted by Crippen LogP contribution is -2.08. The van der Waals surface area contributed by atoms with Crippen LogP contribution in [0.3, 0.4) is 0 Å². The van der Waals surface area contributed by atoms with Crippen LogP contribution in [-0.2, 0) is 6.42 Å². The van der Waals surface area contributed by atoms with E-state index >= 15 is 0 Å². The standard InChI is InChI=1S/C21H22N4/c1-2-15-8-6-7-11-18(15)23-20-14-19(16-9-4-3-5-10-16)24-21(25-20)22-17-12-13-17/h3-11,14,17H,2,12-13H2,1H3,(H2,22,23,24,25). The lowest BCUT2D eigenvalue weighted by atomic mass is 10.1. The molecule has 4 rings (SSSR count). The molecule has 2 N–H and O–H groups in total. The van der Waals surface area contributed by atoms with Gasteiger partial charge in [-0.15, -0.1) is 0 Å². The fraction of sp³-hybridized carbons (Fsp3) is 0.238. The zero-order valence-electron chi connectivity index (χ0n) is 14.4. The van der Waals surface area contributed by atoms with Crippen LogP contribution in [0.15, 0.2) is 60.7 Å². The molecule has 0 amide bonds. The first kappa shape index (κ1) is 15.6. The molecule has 1 aromatic heterocycles. The first-order chi connectivity index (χ1) is 12.3. The van der Waals surface area contributed by atoms with E-state index in [1.54, 1.807) is 0 Å². The lowest BCUT2D eigenvalue weighted by molar-refractivity contribution is 1.06. The van der Waals surface area contributed by atoms with Gasteiger partial charge < -0.3 is 10.6 Å². The minimum Gasteiger partial charge on any atom is -0.351 e. The highest BCUT2D eigenvalue weighted by atomic mass is 15.2. The van der Waals surface area contributed by atoms with Gasteiger partial charge in [-0.2, -0.15) is 4.98 Å². The Bertz CT molecular complexity index is 857. The number of anilines is 3. The van der Waals surface area contributed by atoms with Crippen LogP contribution < -0.4 is 10.6 Å². The second-order valence-corrected chi connectivity index (χ2v) is 6.38. The number of nitrogens with zero attached hydrogens (tertiary/aromatic N) is 2. The normalized spacial score (nSPS) is 13.5. The van der Waals surface area contributed by atoms with Crippen molar-refractivity contribution < 1.29 is 0 Å². The third-order valence-corrected chi connectivity index (χ3v) is 4.37. The number of para-hydroxylation sites is 1. The van der Waals surface area contributed by atoms with Gasteiger partial charge >= 0.3 is 0 Å². The lowest BCUT2D eigenvalue weighted by Gasteiger charge is -2.13. The van der Waals surface area contributed by atoms with Crippen LogP contribution in [0.5, 0.6) is 0 Å². The maximum atomic E-state index is 4.71. The number of benzene rings is 2. The Hall–Kier alpha value is -2.88. The topological polar surface area (TPSA) is 49.8 Å². The molecule has 1 aliphatic carbocycles. The first-order valence-electron chi connectivity index (χ1n) is 8.88. The fourth-order valence-electron chi connectivity index (χ4n) is 2.83. The van der Waals surface area contributed by atoms with Crippen molar-refractivity contribution in [1.29, 1.82) is 0 Å². The highest BCUT2D eigenvalue weighted by Gasteiger charge is 2.22. The predicted octanol–water partition coefficient (Wildman–Crippen LogP) is 5.02. The molecule has 0 aliphatic heterocycles. The third-order valence-electron chi connectivity index (χ3n) is 4.37. The van der Waals surface area contributed by atoms with Gasteiger partial charge in [0.1, 0.15) is 5.82 Å². The molecule has 126 valence electrons. The van der Waals surface area contributed by atoms with Gasteiger partial charge in [-0.25, -0.2) is 4.98 Å². The number of hydrogen-bond acceptors (Lipinski definition) is 4. The molecule has 0 bridgehead atoms. The summed E-state index contributed by atoms with van der Waals surface area (Å²) in [5, 5.41) is 6.90. The van der Waals surface area contributed by atoms with E-state index in [0.717, 1.165) is 29.2 Å². The molecule has 4 nitrogen and oxygen atoms in total. The van der Waals surface area contributed by atoms with E-state index < -0.39 is 0 Å². The molecule has 2 aromatic carbocycles. The van der Waals surface area contributed by atoms with E-state index in [1.165, 1.54) is 18.4 Å². The van der Waals surface area contributed by atoms with E-state index in [4.69, 9.17) is 4.98 Å². The van der Waals surface area contributed by atoms with Crippen molar-refractivity contribution in [2.75, 3.05) is 10.6 Å². The summed E-state index contributed by atoms with van der Waals surface area (Å²) in [6.45, 7) is 2.16. The van der Waals surface area contributed by atoms with Crippen molar-refractivity contribution in [3.63, 3.8) is 0 Å². The summed E-state index contributed by atoms with van der Waals surface area (Å²) in [5.41, 5.74) is 4.39. The van der Waals surface area contributed by atoms with Crippen LogP contribution in [0.2, 0.25) is 0 Å². The molecular weight excluding hydrogens is 308 g/mol. The van der Waals surface area contributed by atoms with Crippen molar-refractivity contribution >= 4 is 17.5 Å². The van der Waals surface area contributed by atoms with E-state index in [9.17, 15) is 0 Å². The molecule has 4 heteroatoms. The number of nitrogens with one attached hydrogen (secondary N) is 2. The van der Waals surface area contributed by atoms with Gasteiger partial charge in [-0.05, 0) is 30.9 Å². The maximum absolute atomic E-state index is 4.71. The zero-order valence-corrected chi connectivity index (χ0v) is 14.4. The Kier molecular flexibility index (Phi) is 4.34. The fourth-order valence-corrected chi connectivity index (χ4v) is 2.83. The van der Waals surface area contributed by atoms with Crippen molar-refractivity contribution in [3.8, 4) is 11.3 Å². The number of aryl methyl sites for hydroxylation is 1. The van der Waals surface area contributed by atoms with Crippen LogP contribution in [-0.4, -0.2) is 16.0 Å². The minimum absolute atomic E-state index is 0.516. The summed E-state index contributed by atoms with van der Waals surface area (Å²) in [6.07, 6.45) is 3.37. The molecule has 25 heavy (non-hydrogen) atoms. The summed E-state index contributed by atoms with van der Waals surface area (Å²) in [5.74, 6) is 1.51. The van der Waals surface area contributed by atoms with E-state index in [1.807, 2.05) is 30.3 Å². The van der Waals surface area contributed by atoms with Gasteiger partial charge in [-0.3, -0.25) is 0 Å². The van der Waals surface area contributed by atoms with Gasteiger partial charge in [0.2, 0.25) is 5.95 Å². The average molecular weight is 330 g/mol. The highest BCUT2D eigenvalue weighted by Crippen LogP contribution is 2.28. The minimum atomic E-state index is 0.516. The van der Waals surface area contributed by atoms with Crippen LogP contribution in [0, 0.1) is 0 Å². The van der Waals surface area contributed by atoms with Gasteiger partial charge in [0.15, 0.2) is 0 Å². The van der Waals surface area contributed by atoms with Crippen LogP contribution in [0.25, 0.3) is 11.3 Å². The molecule has 0 radical (unpaired) electrons. The molecular formula is C21H22N4. The largest absolute Gasteiger partial charge is 0.351 e. The molecule has 0 atom stereocenters.